The van der Waals surface area contributed by atoms with Crippen LogP contribution in [0.4, 0.5) is 0 Å². The Hall–Kier alpha value is -0.281. The molecule has 6 heteroatoms. The quantitative estimate of drug-likeness (QED) is 0.342. The molecule has 4 nitrogen and oxygen atoms in total. The summed E-state index contributed by atoms with van der Waals surface area (Å²) in [5, 5.41) is 0. The standard InChI is InChI=1S/4CHO.2CH3.2Fe/c4*1-2;;;;/h4*1H;2*1H3;;/q6*-1;+2;+4. The summed E-state index contributed by atoms with van der Waals surface area (Å²) in [4.78, 5) is 31.0. The monoisotopic (exact) mass is 258 g/mol. The van der Waals surface area contributed by atoms with Crippen LogP contribution in [0.5, 0.6) is 0 Å². The van der Waals surface area contributed by atoms with Crippen LogP contribution in [-0.2, 0) is 53.3 Å². The molecule has 12 heavy (non-hydrogen) atoms. The topological polar surface area (TPSA) is 68.3 Å². The van der Waals surface area contributed by atoms with E-state index in [1.54, 1.807) is 0 Å². The normalized spacial score (nSPS) is 1.33. The Balaban J connectivity index is -0.00000000267. The van der Waals surface area contributed by atoms with Gasteiger partial charge in [0, 0.05) is 0 Å². The third kappa shape index (κ3) is 9350. The van der Waals surface area contributed by atoms with Crippen LogP contribution in [-0.4, -0.2) is 27.2 Å². The van der Waals surface area contributed by atoms with Crippen molar-refractivity contribution in [3.05, 3.63) is 14.9 Å². The second-order valence-corrected chi connectivity index (χ2v) is 0. The fraction of sp³-hybridized carbons (Fsp3) is 0. The first-order valence-corrected chi connectivity index (χ1v) is 0.943. The Kier molecular flexibility index (Phi) is 104000. The van der Waals surface area contributed by atoms with Gasteiger partial charge in [-0.3, -0.25) is 27.2 Å². The summed E-state index contributed by atoms with van der Waals surface area (Å²) in [5.41, 5.74) is 0. The molecule has 0 aliphatic carbocycles. The maximum atomic E-state index is 7.75. The zero-order valence-electron chi connectivity index (χ0n) is 6.65. The number of hydrogen-bond donors (Lipinski definition) is 0. The van der Waals surface area contributed by atoms with Gasteiger partial charge in [-0.15, -0.1) is 0 Å². The first-order valence-electron chi connectivity index (χ1n) is 0.943. The summed E-state index contributed by atoms with van der Waals surface area (Å²) in [7, 11) is 0. The predicted octanol–water partition coefficient (Wildman–Crippen LogP) is -0.201. The second kappa shape index (κ2) is 12800. The van der Waals surface area contributed by atoms with Crippen molar-refractivity contribution in [2.75, 3.05) is 0 Å². The third-order valence-corrected chi connectivity index (χ3v) is 0. The molecule has 0 atom stereocenters. The van der Waals surface area contributed by atoms with Gasteiger partial charge < -0.3 is 34.0 Å². The molecule has 0 aliphatic rings. The Bertz CT molecular complexity index is 25.5. The molecule has 0 spiro atoms. The van der Waals surface area contributed by atoms with E-state index in [1.165, 1.54) is 0 Å². The molecule has 0 saturated heterocycles. The average Bonchev–Trinajstić information content (AvgIpc) is 2.03. The Morgan fingerprint density at radius 2 is 0.500 bits per heavy atom. The van der Waals surface area contributed by atoms with Gasteiger partial charge in [0.25, 0.3) is 0 Å². The average molecular weight is 258 g/mol. The van der Waals surface area contributed by atoms with Crippen molar-refractivity contribution < 1.29 is 53.3 Å². The summed E-state index contributed by atoms with van der Waals surface area (Å²) < 4.78 is 0. The number of carbonyl (C=O) groups excluding carboxylic acids is 4. The third-order valence-electron chi connectivity index (χ3n) is 0. The van der Waals surface area contributed by atoms with Gasteiger partial charge in [0.2, 0.25) is 0 Å². The van der Waals surface area contributed by atoms with Gasteiger partial charge in [-0.25, -0.2) is 0 Å². The van der Waals surface area contributed by atoms with Crippen LogP contribution < -0.4 is 0 Å². The zero-order valence-corrected chi connectivity index (χ0v) is 8.86. The molecule has 0 saturated carbocycles. The van der Waals surface area contributed by atoms with Crippen molar-refractivity contribution in [2.24, 2.45) is 0 Å². The molecular weight excluding hydrogens is 248 g/mol. The molecule has 0 heterocycles. The van der Waals surface area contributed by atoms with Crippen LogP contribution in [0.2, 0.25) is 0 Å². The van der Waals surface area contributed by atoms with Crippen molar-refractivity contribution in [3.63, 3.8) is 0 Å². The molecule has 0 aromatic carbocycles. The van der Waals surface area contributed by atoms with Crippen LogP contribution in [0.25, 0.3) is 0 Å². The summed E-state index contributed by atoms with van der Waals surface area (Å²) >= 11 is 0. The Labute approximate surface area is 95.4 Å². The fourth-order valence-electron chi connectivity index (χ4n) is 0. The number of hydrogen-bond acceptors (Lipinski definition) is 4. The van der Waals surface area contributed by atoms with Gasteiger partial charge >= 0.3 is 34.1 Å². The molecule has 0 unspecified atom stereocenters. The smallest absolute Gasteiger partial charge is 0.545 e. The van der Waals surface area contributed by atoms with E-state index in [2.05, 4.69) is 27.2 Å². The first kappa shape index (κ1) is 97.4. The SMILES string of the molecule is [CH-]=O.[CH-]=O.[CH-]=O.[CH-]=O.[CH3-].[CH3-].[Fe+2].[Fe+4]. The molecule has 74 valence electrons. The fourth-order valence-corrected chi connectivity index (χ4v) is 0. The molecule has 0 radical (unpaired) electrons. The minimum absolute atomic E-state index is 0. The van der Waals surface area contributed by atoms with Crippen molar-refractivity contribution >= 4 is 27.2 Å². The van der Waals surface area contributed by atoms with Gasteiger partial charge in [-0.2, -0.15) is 0 Å². The van der Waals surface area contributed by atoms with Crippen LogP contribution in [0, 0.1) is 14.9 Å². The summed E-state index contributed by atoms with van der Waals surface area (Å²) in [6.45, 7) is 13.0. The predicted molar refractivity (Wildman–Crippen MR) is 39.8 cm³/mol. The Morgan fingerprint density at radius 1 is 0.500 bits per heavy atom. The van der Waals surface area contributed by atoms with E-state index in [1.807, 2.05) is 0 Å². The van der Waals surface area contributed by atoms with Gasteiger partial charge in [0.15, 0.2) is 0 Å². The Morgan fingerprint density at radius 3 is 0.500 bits per heavy atom. The van der Waals surface area contributed by atoms with E-state index in [0.717, 1.165) is 0 Å². The molecule has 0 fully saturated rings. The van der Waals surface area contributed by atoms with Crippen LogP contribution in [0.3, 0.4) is 0 Å². The second-order valence-electron chi connectivity index (χ2n) is 0. The molecule has 0 bridgehead atoms. The van der Waals surface area contributed by atoms with Crippen LogP contribution in [0.1, 0.15) is 0 Å². The summed E-state index contributed by atoms with van der Waals surface area (Å²) in [6, 6.07) is 0. The minimum atomic E-state index is 0. The molecule has 0 aromatic heterocycles. The summed E-state index contributed by atoms with van der Waals surface area (Å²) in [5.74, 6) is 0. The van der Waals surface area contributed by atoms with E-state index in [4.69, 9.17) is 19.2 Å². The molecule has 0 aliphatic heterocycles. The molecule has 0 rings (SSSR count). The van der Waals surface area contributed by atoms with Crippen molar-refractivity contribution in [1.82, 2.24) is 0 Å². The molecule has 0 amide bonds. The van der Waals surface area contributed by atoms with Gasteiger partial charge in [0.05, 0.1) is 0 Å². The zero-order chi connectivity index (χ0) is 8.00. The van der Waals surface area contributed by atoms with Crippen LogP contribution >= 0.6 is 0 Å². The molecule has 0 N–H and O–H groups in total. The summed E-state index contributed by atoms with van der Waals surface area (Å²) in [6.07, 6.45) is 0. The van der Waals surface area contributed by atoms with Gasteiger partial charge in [0.1, 0.15) is 0 Å². The van der Waals surface area contributed by atoms with Gasteiger partial charge in [-0.05, 0) is 0 Å². The van der Waals surface area contributed by atoms with Crippen molar-refractivity contribution in [1.29, 1.82) is 0 Å². The first-order chi connectivity index (χ1) is 4.00. The van der Waals surface area contributed by atoms with E-state index in [-0.39, 0.29) is 49.0 Å². The van der Waals surface area contributed by atoms with Crippen molar-refractivity contribution in [3.8, 4) is 0 Å². The maximum absolute atomic E-state index is 7.75. The minimum Gasteiger partial charge on any atom is -0.545 e. The van der Waals surface area contributed by atoms with E-state index < -0.39 is 0 Å². The van der Waals surface area contributed by atoms with E-state index in [0.29, 0.717) is 0 Å². The molecular formula is C6H10Fe2O4. The van der Waals surface area contributed by atoms with E-state index in [9.17, 15) is 0 Å². The van der Waals surface area contributed by atoms with Crippen molar-refractivity contribution in [2.45, 2.75) is 0 Å². The molecule has 0 aromatic rings. The van der Waals surface area contributed by atoms with Crippen LogP contribution in [0.15, 0.2) is 0 Å². The van der Waals surface area contributed by atoms with E-state index >= 15 is 0 Å². The number of rotatable bonds is 0. The maximum Gasteiger partial charge on any atom is 4.00 e. The van der Waals surface area contributed by atoms with Gasteiger partial charge in [-0.1, -0.05) is 0 Å². The largest absolute Gasteiger partial charge is 4.00 e.